The van der Waals surface area contributed by atoms with Crippen molar-refractivity contribution in [3.63, 3.8) is 0 Å². The number of hydrogen-bond acceptors (Lipinski definition) is 4. The quantitative estimate of drug-likeness (QED) is 0.339. The fourth-order valence-corrected chi connectivity index (χ4v) is 3.40. The van der Waals surface area contributed by atoms with Gasteiger partial charge in [0, 0.05) is 32.2 Å². The number of morpholine rings is 1. The molecular weight excluding hydrogens is 479 g/mol. The van der Waals surface area contributed by atoms with Gasteiger partial charge in [0.2, 0.25) is 0 Å². The maximum Gasteiger partial charge on any atom is 0.191 e. The van der Waals surface area contributed by atoms with Gasteiger partial charge in [-0.3, -0.25) is 4.90 Å². The SMILES string of the molecule is CCNC(=NCc1ccc2cc(OC)ccc2c1)NCC(C)N1CCOCC1.I. The van der Waals surface area contributed by atoms with E-state index in [4.69, 9.17) is 14.5 Å². The number of nitrogens with zero attached hydrogens (tertiary/aromatic N) is 2. The lowest BCUT2D eigenvalue weighted by Gasteiger charge is -2.32. The minimum atomic E-state index is 0. The lowest BCUT2D eigenvalue weighted by atomic mass is 10.1. The molecule has 0 amide bonds. The van der Waals surface area contributed by atoms with Gasteiger partial charge in [-0.05, 0) is 48.4 Å². The first kappa shape index (κ1) is 23.7. The van der Waals surface area contributed by atoms with Crippen LogP contribution in [0.3, 0.4) is 0 Å². The monoisotopic (exact) mass is 512 g/mol. The first-order valence-electron chi connectivity index (χ1n) is 10.1. The van der Waals surface area contributed by atoms with E-state index in [1.807, 2.05) is 6.07 Å². The van der Waals surface area contributed by atoms with Gasteiger partial charge in [0.25, 0.3) is 0 Å². The number of benzene rings is 2. The molecule has 0 aromatic heterocycles. The molecule has 1 fully saturated rings. The molecule has 1 saturated heterocycles. The number of aliphatic imine (C=N–C) groups is 1. The summed E-state index contributed by atoms with van der Waals surface area (Å²) in [4.78, 5) is 7.22. The summed E-state index contributed by atoms with van der Waals surface area (Å²) in [6.07, 6.45) is 0. The summed E-state index contributed by atoms with van der Waals surface area (Å²) in [7, 11) is 1.69. The lowest BCUT2D eigenvalue weighted by Crippen LogP contribution is -2.49. The molecular formula is C22H33IN4O2. The molecule has 0 radical (unpaired) electrons. The Morgan fingerprint density at radius 1 is 1.14 bits per heavy atom. The van der Waals surface area contributed by atoms with Gasteiger partial charge in [-0.2, -0.15) is 0 Å². The molecule has 1 aliphatic heterocycles. The highest BCUT2D eigenvalue weighted by atomic mass is 127. The summed E-state index contributed by atoms with van der Waals surface area (Å²) in [5.41, 5.74) is 1.19. The van der Waals surface area contributed by atoms with Gasteiger partial charge in [0.15, 0.2) is 5.96 Å². The molecule has 1 unspecified atom stereocenters. The summed E-state index contributed by atoms with van der Waals surface area (Å²) < 4.78 is 10.7. The van der Waals surface area contributed by atoms with Crippen LogP contribution >= 0.6 is 24.0 Å². The van der Waals surface area contributed by atoms with Crippen molar-refractivity contribution in [3.8, 4) is 5.75 Å². The Kier molecular flexibility index (Phi) is 9.96. The number of rotatable bonds is 7. The molecule has 0 bridgehead atoms. The average Bonchev–Trinajstić information content (AvgIpc) is 2.75. The molecule has 0 saturated carbocycles. The fourth-order valence-electron chi connectivity index (χ4n) is 3.40. The van der Waals surface area contributed by atoms with E-state index in [-0.39, 0.29) is 24.0 Å². The summed E-state index contributed by atoms with van der Waals surface area (Å²) in [6.45, 7) is 10.3. The van der Waals surface area contributed by atoms with Gasteiger partial charge >= 0.3 is 0 Å². The van der Waals surface area contributed by atoms with Crippen LogP contribution in [0.5, 0.6) is 5.75 Å². The summed E-state index contributed by atoms with van der Waals surface area (Å²) in [5.74, 6) is 1.74. The van der Waals surface area contributed by atoms with Crippen LogP contribution in [0, 0.1) is 0 Å². The Morgan fingerprint density at radius 2 is 1.86 bits per heavy atom. The molecule has 1 atom stereocenters. The molecule has 1 aliphatic rings. The van der Waals surface area contributed by atoms with E-state index in [9.17, 15) is 0 Å². The summed E-state index contributed by atoms with van der Waals surface area (Å²) in [6, 6.07) is 13.0. The van der Waals surface area contributed by atoms with E-state index < -0.39 is 0 Å². The Morgan fingerprint density at radius 3 is 2.59 bits per heavy atom. The molecule has 7 heteroatoms. The highest BCUT2D eigenvalue weighted by Crippen LogP contribution is 2.22. The second kappa shape index (κ2) is 12.2. The van der Waals surface area contributed by atoms with Gasteiger partial charge in [-0.25, -0.2) is 4.99 Å². The maximum atomic E-state index is 5.44. The van der Waals surface area contributed by atoms with Crippen LogP contribution < -0.4 is 15.4 Å². The number of ether oxygens (including phenoxy) is 2. The van der Waals surface area contributed by atoms with Crippen LogP contribution in [0.15, 0.2) is 41.4 Å². The third kappa shape index (κ3) is 7.01. The van der Waals surface area contributed by atoms with Crippen molar-refractivity contribution in [2.24, 2.45) is 4.99 Å². The van der Waals surface area contributed by atoms with Crippen LogP contribution in [0.2, 0.25) is 0 Å². The molecule has 29 heavy (non-hydrogen) atoms. The predicted molar refractivity (Wildman–Crippen MR) is 131 cm³/mol. The van der Waals surface area contributed by atoms with Crippen LogP contribution in [0.4, 0.5) is 0 Å². The predicted octanol–water partition coefficient (Wildman–Crippen LogP) is 3.24. The first-order valence-corrected chi connectivity index (χ1v) is 10.1. The number of nitrogens with one attached hydrogen (secondary N) is 2. The van der Waals surface area contributed by atoms with Gasteiger partial charge < -0.3 is 20.1 Å². The highest BCUT2D eigenvalue weighted by Gasteiger charge is 2.16. The smallest absolute Gasteiger partial charge is 0.191 e. The number of hydrogen-bond donors (Lipinski definition) is 2. The topological polar surface area (TPSA) is 58.1 Å². The van der Waals surface area contributed by atoms with Gasteiger partial charge in [0.1, 0.15) is 5.75 Å². The standard InChI is InChI=1S/C22H32N4O2.HI/c1-4-23-22(24-15-17(2)26-9-11-28-12-10-26)25-16-18-5-6-20-14-21(27-3)8-7-19(20)13-18;/h5-8,13-14,17H,4,9-12,15-16H2,1-3H3,(H2,23,24,25);1H. The zero-order valence-electron chi connectivity index (χ0n) is 17.6. The van der Waals surface area contributed by atoms with Gasteiger partial charge in [0.05, 0.1) is 26.9 Å². The Balaban J connectivity index is 0.00000300. The number of fused-ring (bicyclic) bond motifs is 1. The Bertz CT molecular complexity index is 793. The average molecular weight is 512 g/mol. The fraction of sp³-hybridized carbons (Fsp3) is 0.500. The van der Waals surface area contributed by atoms with Crippen molar-refractivity contribution < 1.29 is 9.47 Å². The van der Waals surface area contributed by atoms with Crippen LogP contribution in [-0.2, 0) is 11.3 Å². The molecule has 2 N–H and O–H groups in total. The van der Waals surface area contributed by atoms with E-state index in [2.05, 4.69) is 59.7 Å². The van der Waals surface area contributed by atoms with E-state index in [0.29, 0.717) is 12.6 Å². The van der Waals surface area contributed by atoms with Gasteiger partial charge in [-0.15, -0.1) is 24.0 Å². The Hall–Kier alpha value is -1.58. The molecule has 1 heterocycles. The number of guanidine groups is 1. The van der Waals surface area contributed by atoms with Crippen LogP contribution in [-0.4, -0.2) is 63.4 Å². The van der Waals surface area contributed by atoms with Crippen LogP contribution in [0.25, 0.3) is 10.8 Å². The van der Waals surface area contributed by atoms with E-state index in [1.165, 1.54) is 16.3 Å². The molecule has 0 spiro atoms. The second-order valence-electron chi connectivity index (χ2n) is 7.12. The highest BCUT2D eigenvalue weighted by molar-refractivity contribution is 14.0. The Labute approximate surface area is 191 Å². The zero-order chi connectivity index (χ0) is 19.8. The normalized spacial score (nSPS) is 16.2. The molecule has 2 aromatic carbocycles. The minimum absolute atomic E-state index is 0. The minimum Gasteiger partial charge on any atom is -0.497 e. The van der Waals surface area contributed by atoms with Crippen molar-refractivity contribution in [3.05, 3.63) is 42.0 Å². The van der Waals surface area contributed by atoms with E-state index in [0.717, 1.165) is 51.1 Å². The summed E-state index contributed by atoms with van der Waals surface area (Å²) >= 11 is 0. The maximum absolute atomic E-state index is 5.44. The third-order valence-corrected chi connectivity index (χ3v) is 5.11. The van der Waals surface area contributed by atoms with Gasteiger partial charge in [-0.1, -0.05) is 18.2 Å². The number of halogens is 1. The van der Waals surface area contributed by atoms with Crippen molar-refractivity contribution in [2.45, 2.75) is 26.4 Å². The van der Waals surface area contributed by atoms with E-state index in [1.54, 1.807) is 7.11 Å². The second-order valence-corrected chi connectivity index (χ2v) is 7.12. The zero-order valence-corrected chi connectivity index (χ0v) is 19.9. The van der Waals surface area contributed by atoms with Crippen molar-refractivity contribution in [1.29, 1.82) is 0 Å². The van der Waals surface area contributed by atoms with Crippen LogP contribution in [0.1, 0.15) is 19.4 Å². The molecule has 160 valence electrons. The molecule has 2 aromatic rings. The van der Waals surface area contributed by atoms with Crippen molar-refractivity contribution in [1.82, 2.24) is 15.5 Å². The lowest BCUT2D eigenvalue weighted by molar-refractivity contribution is 0.0211. The third-order valence-electron chi connectivity index (χ3n) is 5.11. The first-order chi connectivity index (χ1) is 13.7. The van der Waals surface area contributed by atoms with E-state index >= 15 is 0 Å². The van der Waals surface area contributed by atoms with Crippen molar-refractivity contribution in [2.75, 3.05) is 46.5 Å². The molecule has 6 nitrogen and oxygen atoms in total. The molecule has 3 rings (SSSR count). The summed E-state index contributed by atoms with van der Waals surface area (Å²) in [5, 5.41) is 9.20. The largest absolute Gasteiger partial charge is 0.497 e. The molecule has 0 aliphatic carbocycles. The van der Waals surface area contributed by atoms with Crippen molar-refractivity contribution >= 4 is 40.7 Å². The number of methoxy groups -OCH3 is 1.